The minimum Gasteiger partial charge on any atom is -0.454 e. The Morgan fingerprint density at radius 3 is 2.59 bits per heavy atom. The molecule has 8 nitrogen and oxygen atoms in total. The van der Waals surface area contributed by atoms with Crippen molar-refractivity contribution in [3.05, 3.63) is 88.4 Å². The van der Waals surface area contributed by atoms with E-state index in [1.54, 1.807) is 4.68 Å². The van der Waals surface area contributed by atoms with Crippen molar-refractivity contribution < 1.29 is 18.0 Å². The highest BCUT2D eigenvalue weighted by molar-refractivity contribution is 7.54. The summed E-state index contributed by atoms with van der Waals surface area (Å²) in [5.74, 6) is -0.433. The maximum Gasteiger partial charge on any atom is 0.356 e. The first-order valence-corrected chi connectivity index (χ1v) is 15.1. The number of hydrogen-bond donors (Lipinski definition) is 1. The molecule has 0 fully saturated rings. The van der Waals surface area contributed by atoms with Crippen LogP contribution in [0.4, 0.5) is 5.00 Å². The highest BCUT2D eigenvalue weighted by atomic mass is 32.1. The van der Waals surface area contributed by atoms with Crippen LogP contribution in [-0.4, -0.2) is 24.0 Å². The molecule has 1 aliphatic carbocycles. The van der Waals surface area contributed by atoms with Gasteiger partial charge in [-0.1, -0.05) is 36.4 Å². The van der Waals surface area contributed by atoms with Crippen molar-refractivity contribution in [1.82, 2.24) is 9.78 Å². The van der Waals surface area contributed by atoms with Crippen LogP contribution in [0.3, 0.4) is 0 Å². The zero-order valence-electron chi connectivity index (χ0n) is 21.6. The molecule has 198 valence electrons. The van der Waals surface area contributed by atoms with Crippen molar-refractivity contribution in [2.24, 2.45) is 0 Å². The molecule has 0 spiro atoms. The number of nitriles is 1. The van der Waals surface area contributed by atoms with E-state index in [0.29, 0.717) is 27.6 Å². The highest BCUT2D eigenvalue weighted by Gasteiger charge is 2.40. The van der Waals surface area contributed by atoms with E-state index >= 15 is 0 Å². The highest BCUT2D eigenvalue weighted by Crippen LogP contribution is 2.61. The molecule has 2 aromatic carbocycles. The number of para-hydroxylation sites is 2. The molecular weight excluding hydrogens is 531 g/mol. The summed E-state index contributed by atoms with van der Waals surface area (Å²) in [5.41, 5.74) is 4.30. The smallest absolute Gasteiger partial charge is 0.356 e. The third-order valence-corrected chi connectivity index (χ3v) is 10.4. The van der Waals surface area contributed by atoms with Crippen molar-refractivity contribution >= 4 is 34.9 Å². The van der Waals surface area contributed by atoms with E-state index in [2.05, 4.69) is 11.4 Å². The van der Waals surface area contributed by atoms with E-state index in [-0.39, 0.29) is 0 Å². The molecule has 1 aliphatic rings. The lowest BCUT2D eigenvalue weighted by Gasteiger charge is -2.25. The third-order valence-electron chi connectivity index (χ3n) is 7.09. The number of fused-ring (bicyclic) bond motifs is 2. The first-order valence-electron chi connectivity index (χ1n) is 12.7. The molecule has 5 aromatic rings. The molecule has 0 bridgehead atoms. The number of anilines is 1. The lowest BCUT2D eigenvalue weighted by molar-refractivity contribution is 0.268. The van der Waals surface area contributed by atoms with Gasteiger partial charge in [-0.15, -0.1) is 11.3 Å². The molecule has 0 saturated heterocycles. The maximum absolute atomic E-state index is 14.1. The fourth-order valence-electron chi connectivity index (χ4n) is 5.11. The van der Waals surface area contributed by atoms with Gasteiger partial charge >= 0.3 is 7.60 Å². The Morgan fingerprint density at radius 2 is 1.85 bits per heavy atom. The molecule has 39 heavy (non-hydrogen) atoms. The van der Waals surface area contributed by atoms with Gasteiger partial charge < -0.3 is 18.8 Å². The molecule has 1 atom stereocenters. The van der Waals surface area contributed by atoms with E-state index in [4.69, 9.17) is 18.6 Å². The van der Waals surface area contributed by atoms with Crippen molar-refractivity contribution in [3.63, 3.8) is 0 Å². The van der Waals surface area contributed by atoms with Gasteiger partial charge in [-0.25, -0.2) is 4.68 Å². The quantitative estimate of drug-likeness (QED) is 0.195. The number of nitrogens with one attached hydrogen (secondary N) is 1. The Labute approximate surface area is 230 Å². The Morgan fingerprint density at radius 1 is 1.10 bits per heavy atom. The molecule has 6 rings (SSSR count). The summed E-state index contributed by atoms with van der Waals surface area (Å²) in [6.45, 7) is 0. The van der Waals surface area contributed by atoms with Crippen LogP contribution >= 0.6 is 18.9 Å². The zero-order valence-corrected chi connectivity index (χ0v) is 23.3. The summed E-state index contributed by atoms with van der Waals surface area (Å²) in [5, 5.41) is 20.0. The van der Waals surface area contributed by atoms with Crippen LogP contribution < -0.4 is 5.32 Å². The molecule has 1 unspecified atom stereocenters. The first-order chi connectivity index (χ1) is 19.0. The second-order valence-corrected chi connectivity index (χ2v) is 12.8. The molecule has 1 N–H and O–H groups in total. The molecule has 0 aliphatic heterocycles. The van der Waals surface area contributed by atoms with Crippen molar-refractivity contribution in [2.75, 3.05) is 19.5 Å². The van der Waals surface area contributed by atoms with Gasteiger partial charge in [-0.3, -0.25) is 4.57 Å². The topological polar surface area (TPSA) is 102 Å². The van der Waals surface area contributed by atoms with Gasteiger partial charge in [-0.05, 0) is 55.5 Å². The number of thiophene rings is 1. The lowest BCUT2D eigenvalue weighted by Crippen LogP contribution is -2.14. The molecule has 0 radical (unpaired) electrons. The maximum atomic E-state index is 14.1. The number of furan rings is 1. The van der Waals surface area contributed by atoms with Crippen LogP contribution in [0.25, 0.3) is 28.1 Å². The number of aromatic nitrogens is 2. The van der Waals surface area contributed by atoms with E-state index in [1.165, 1.54) is 30.4 Å². The van der Waals surface area contributed by atoms with Gasteiger partial charge in [0.25, 0.3) is 0 Å². The van der Waals surface area contributed by atoms with Crippen LogP contribution in [0.5, 0.6) is 0 Å². The average molecular weight is 559 g/mol. The van der Waals surface area contributed by atoms with E-state index in [9.17, 15) is 9.83 Å². The van der Waals surface area contributed by atoms with Gasteiger partial charge in [0.1, 0.15) is 22.3 Å². The summed E-state index contributed by atoms with van der Waals surface area (Å²) in [7, 11) is -1.05. The van der Waals surface area contributed by atoms with Crippen molar-refractivity contribution in [1.29, 1.82) is 5.26 Å². The largest absolute Gasteiger partial charge is 0.454 e. The zero-order chi connectivity index (χ0) is 27.0. The summed E-state index contributed by atoms with van der Waals surface area (Å²) in [6, 6.07) is 21.7. The van der Waals surface area contributed by atoms with Crippen molar-refractivity contribution in [3.8, 4) is 23.2 Å². The number of aryl methyl sites for hydroxylation is 1. The van der Waals surface area contributed by atoms with Gasteiger partial charge in [0, 0.05) is 36.2 Å². The normalized spacial score (nSPS) is 14.2. The Kier molecular flexibility index (Phi) is 6.88. The fourth-order valence-corrected chi connectivity index (χ4v) is 7.86. The van der Waals surface area contributed by atoms with E-state index < -0.39 is 13.4 Å². The molecular formula is C29H27N4O4PS. The second-order valence-electron chi connectivity index (χ2n) is 9.34. The molecule has 0 amide bonds. The Bertz CT molecular complexity index is 1690. The summed E-state index contributed by atoms with van der Waals surface area (Å²) in [6.07, 6.45) is 5.76. The number of rotatable bonds is 8. The lowest BCUT2D eigenvalue weighted by atomic mass is 9.96. The standard InChI is InChI=1S/C29H27N4O4PS/c1-35-38(34,36-2)28(31-29-22(17-30)21-13-7-9-15-26(21)39-29)23-18-33(20-11-4-3-5-12-20)32-27(23)25-16-19-10-6-8-14-24(19)37-25/h3-6,8,10-12,14,16,18,28,31H,7,9,13,15H2,1-2H3. The van der Waals surface area contributed by atoms with Crippen LogP contribution in [0.1, 0.15) is 40.2 Å². The predicted octanol–water partition coefficient (Wildman–Crippen LogP) is 7.69. The van der Waals surface area contributed by atoms with Crippen molar-refractivity contribution in [2.45, 2.75) is 31.5 Å². The predicted molar refractivity (Wildman–Crippen MR) is 152 cm³/mol. The van der Waals surface area contributed by atoms with E-state index in [0.717, 1.165) is 47.9 Å². The first kappa shape index (κ1) is 25.6. The minimum atomic E-state index is -3.79. The molecule has 10 heteroatoms. The molecule has 3 aromatic heterocycles. The number of hydrogen-bond acceptors (Lipinski definition) is 8. The summed E-state index contributed by atoms with van der Waals surface area (Å²) >= 11 is 1.54. The van der Waals surface area contributed by atoms with Gasteiger partial charge in [-0.2, -0.15) is 10.4 Å². The Balaban J connectivity index is 1.55. The van der Waals surface area contributed by atoms with Gasteiger partial charge in [0.2, 0.25) is 0 Å². The second kappa shape index (κ2) is 10.5. The monoisotopic (exact) mass is 558 g/mol. The van der Waals surface area contributed by atoms with Gasteiger partial charge in [0.05, 0.1) is 11.3 Å². The number of benzene rings is 2. The molecule has 0 saturated carbocycles. The molecule has 3 heterocycles. The fraction of sp³-hybridized carbons (Fsp3) is 0.241. The van der Waals surface area contributed by atoms with Crippen LogP contribution in [0.2, 0.25) is 0 Å². The Hall–Kier alpha value is -3.67. The summed E-state index contributed by atoms with van der Waals surface area (Å²) < 4.78 is 33.2. The summed E-state index contributed by atoms with van der Waals surface area (Å²) in [4.78, 5) is 1.20. The SMILES string of the molecule is COP(=O)(OC)C(Nc1sc2c(c1C#N)CCCC2)c1cn(-c2ccccc2)nc1-c1cc2ccccc2o1. The van der Waals surface area contributed by atoms with Crippen LogP contribution in [0.15, 0.2) is 71.3 Å². The third kappa shape index (κ3) is 4.60. The average Bonchev–Trinajstić information content (AvgIpc) is 3.70. The van der Waals surface area contributed by atoms with Crippen LogP contribution in [-0.2, 0) is 26.5 Å². The minimum absolute atomic E-state index is 0.502. The van der Waals surface area contributed by atoms with Gasteiger partial charge in [0.15, 0.2) is 11.5 Å². The van der Waals surface area contributed by atoms with Crippen LogP contribution in [0, 0.1) is 11.3 Å². The van der Waals surface area contributed by atoms with E-state index in [1.807, 2.05) is 66.9 Å². The number of nitrogens with zero attached hydrogens (tertiary/aromatic N) is 3.